The van der Waals surface area contributed by atoms with Crippen LogP contribution in [0.5, 0.6) is 0 Å². The number of carbonyl (C=O) groups excluding carboxylic acids is 1. The minimum atomic E-state index is -1.87. The molecule has 1 amide bonds. The molecule has 8 nitrogen and oxygen atoms in total. The third-order valence-electron chi connectivity index (χ3n) is 4.87. The van der Waals surface area contributed by atoms with Gasteiger partial charge in [0, 0.05) is 11.3 Å². The number of anilines is 2. The molecule has 2 aromatic carbocycles. The number of hydrogen-bond acceptors (Lipinski definition) is 6. The Kier molecular flexibility index (Phi) is 5.07. The van der Waals surface area contributed by atoms with Gasteiger partial charge in [-0.2, -0.15) is 5.10 Å². The number of benzene rings is 2. The second-order valence-corrected chi connectivity index (χ2v) is 6.99. The van der Waals surface area contributed by atoms with Gasteiger partial charge < -0.3 is 16.2 Å². The van der Waals surface area contributed by atoms with E-state index in [9.17, 15) is 18.7 Å². The Hall–Kier alpha value is -3.92. The van der Waals surface area contributed by atoms with Gasteiger partial charge in [-0.15, -0.1) is 0 Å². The van der Waals surface area contributed by atoms with Crippen LogP contribution < -0.4 is 11.1 Å². The molecule has 0 unspecified atom stereocenters. The zero-order valence-electron chi connectivity index (χ0n) is 16.6. The van der Waals surface area contributed by atoms with E-state index in [1.165, 1.54) is 12.4 Å². The standard InChI is InChI=1S/C21H18F2N6O2/c1-10-8-12(27-21(31)19(30)13-4-3-5-14(22)16(13)23)6-7-15(10)29-18-17(11(2)28-29)25-9-26-20(18)24/h3-9,19,30H,1-2H3,(H,27,31)(H2,24,25,26)/t19-/m1/s1. The Balaban J connectivity index is 1.63. The van der Waals surface area contributed by atoms with Gasteiger partial charge >= 0.3 is 0 Å². The molecular weight excluding hydrogens is 406 g/mol. The highest BCUT2D eigenvalue weighted by atomic mass is 19.2. The van der Waals surface area contributed by atoms with Crippen molar-refractivity contribution in [3.05, 3.63) is 71.2 Å². The number of amides is 1. The summed E-state index contributed by atoms with van der Waals surface area (Å²) in [5.74, 6) is -3.02. The van der Waals surface area contributed by atoms with Crippen molar-refractivity contribution >= 4 is 28.4 Å². The van der Waals surface area contributed by atoms with Gasteiger partial charge in [0.25, 0.3) is 5.91 Å². The summed E-state index contributed by atoms with van der Waals surface area (Å²) in [6.45, 7) is 3.61. The molecule has 0 radical (unpaired) electrons. The quantitative estimate of drug-likeness (QED) is 0.463. The van der Waals surface area contributed by atoms with Crippen LogP contribution in [-0.2, 0) is 4.79 Å². The number of nitrogens with two attached hydrogens (primary N) is 1. The first kappa shape index (κ1) is 20.4. The van der Waals surface area contributed by atoms with Crippen LogP contribution in [0.15, 0.2) is 42.7 Å². The van der Waals surface area contributed by atoms with Gasteiger partial charge in [-0.3, -0.25) is 4.79 Å². The number of aliphatic hydroxyl groups excluding tert-OH is 1. The lowest BCUT2D eigenvalue weighted by atomic mass is 10.1. The number of carbonyl (C=O) groups is 1. The molecule has 0 fully saturated rings. The van der Waals surface area contributed by atoms with E-state index in [1.54, 1.807) is 29.8 Å². The van der Waals surface area contributed by atoms with Gasteiger partial charge in [-0.25, -0.2) is 23.4 Å². The minimum Gasteiger partial charge on any atom is -0.382 e. The van der Waals surface area contributed by atoms with Crippen molar-refractivity contribution in [1.82, 2.24) is 19.7 Å². The predicted molar refractivity (Wildman–Crippen MR) is 110 cm³/mol. The van der Waals surface area contributed by atoms with Crippen LogP contribution in [-0.4, -0.2) is 30.8 Å². The summed E-state index contributed by atoms with van der Waals surface area (Å²) in [5.41, 5.74) is 9.23. The summed E-state index contributed by atoms with van der Waals surface area (Å²) in [4.78, 5) is 20.6. The van der Waals surface area contributed by atoms with Crippen molar-refractivity contribution in [3.63, 3.8) is 0 Å². The van der Waals surface area contributed by atoms with Crippen LogP contribution in [0.25, 0.3) is 16.7 Å². The first-order chi connectivity index (χ1) is 14.8. The summed E-state index contributed by atoms with van der Waals surface area (Å²) in [7, 11) is 0. The molecule has 1 atom stereocenters. The van der Waals surface area contributed by atoms with Gasteiger partial charge in [0.05, 0.1) is 11.4 Å². The fourth-order valence-electron chi connectivity index (χ4n) is 3.34. The highest BCUT2D eigenvalue weighted by Gasteiger charge is 2.23. The molecule has 0 spiro atoms. The zero-order chi connectivity index (χ0) is 22.3. The molecule has 10 heteroatoms. The Morgan fingerprint density at radius 2 is 1.97 bits per heavy atom. The van der Waals surface area contributed by atoms with Crippen molar-refractivity contribution in [2.24, 2.45) is 0 Å². The Morgan fingerprint density at radius 1 is 1.19 bits per heavy atom. The van der Waals surface area contributed by atoms with E-state index in [0.29, 0.717) is 28.1 Å². The zero-order valence-corrected chi connectivity index (χ0v) is 16.6. The van der Waals surface area contributed by atoms with E-state index in [0.717, 1.165) is 17.7 Å². The minimum absolute atomic E-state index is 0.280. The van der Waals surface area contributed by atoms with E-state index in [2.05, 4.69) is 20.4 Å². The normalized spacial score (nSPS) is 12.2. The average molecular weight is 424 g/mol. The number of nitrogens with one attached hydrogen (secondary N) is 1. The molecule has 0 saturated heterocycles. The molecule has 4 aromatic rings. The molecule has 0 bridgehead atoms. The summed E-state index contributed by atoms with van der Waals surface area (Å²) in [6, 6.07) is 8.23. The van der Waals surface area contributed by atoms with Crippen LogP contribution in [0, 0.1) is 25.5 Å². The molecule has 2 heterocycles. The van der Waals surface area contributed by atoms with Crippen molar-refractivity contribution < 1.29 is 18.7 Å². The fourth-order valence-corrected chi connectivity index (χ4v) is 3.34. The smallest absolute Gasteiger partial charge is 0.257 e. The van der Waals surface area contributed by atoms with Gasteiger partial charge in [-0.1, -0.05) is 12.1 Å². The Morgan fingerprint density at radius 3 is 2.71 bits per heavy atom. The average Bonchev–Trinajstić information content (AvgIpc) is 3.07. The van der Waals surface area contributed by atoms with Gasteiger partial charge in [-0.05, 0) is 43.7 Å². The number of fused-ring (bicyclic) bond motifs is 1. The highest BCUT2D eigenvalue weighted by Crippen LogP contribution is 2.27. The Labute approximate surface area is 175 Å². The molecular formula is C21H18F2N6O2. The summed E-state index contributed by atoms with van der Waals surface area (Å²) in [5, 5.41) is 17.1. The van der Waals surface area contributed by atoms with Crippen molar-refractivity contribution in [2.45, 2.75) is 20.0 Å². The van der Waals surface area contributed by atoms with Gasteiger partial charge in [0.1, 0.15) is 17.4 Å². The van der Waals surface area contributed by atoms with Crippen LogP contribution in [0.1, 0.15) is 22.9 Å². The second-order valence-electron chi connectivity index (χ2n) is 6.99. The van der Waals surface area contributed by atoms with E-state index >= 15 is 0 Å². The third-order valence-corrected chi connectivity index (χ3v) is 4.87. The summed E-state index contributed by atoms with van der Waals surface area (Å²) < 4.78 is 28.9. The van der Waals surface area contributed by atoms with Crippen LogP contribution in [0.2, 0.25) is 0 Å². The maximum absolute atomic E-state index is 13.9. The number of nitrogens with zero attached hydrogens (tertiary/aromatic N) is 4. The molecule has 0 saturated carbocycles. The number of nitrogen functional groups attached to an aromatic ring is 1. The lowest BCUT2D eigenvalue weighted by Gasteiger charge is -2.14. The first-order valence-electron chi connectivity index (χ1n) is 9.27. The highest BCUT2D eigenvalue weighted by molar-refractivity contribution is 5.95. The number of rotatable bonds is 4. The molecule has 4 N–H and O–H groups in total. The maximum atomic E-state index is 13.9. The molecule has 0 aliphatic heterocycles. The molecule has 0 aliphatic carbocycles. The van der Waals surface area contributed by atoms with Gasteiger partial charge in [0.2, 0.25) is 0 Å². The number of aromatic nitrogens is 4. The van der Waals surface area contributed by atoms with Crippen LogP contribution in [0.4, 0.5) is 20.3 Å². The van der Waals surface area contributed by atoms with Crippen LogP contribution >= 0.6 is 0 Å². The van der Waals surface area contributed by atoms with Crippen LogP contribution in [0.3, 0.4) is 0 Å². The van der Waals surface area contributed by atoms with E-state index in [1.807, 2.05) is 6.92 Å². The molecule has 158 valence electrons. The largest absolute Gasteiger partial charge is 0.382 e. The number of hydrogen-bond donors (Lipinski definition) is 3. The number of aliphatic hydroxyl groups is 1. The fraction of sp³-hybridized carbons (Fsp3) is 0.143. The summed E-state index contributed by atoms with van der Waals surface area (Å²) in [6.07, 6.45) is -0.500. The third kappa shape index (κ3) is 3.57. The van der Waals surface area contributed by atoms with Gasteiger partial charge in [0.15, 0.2) is 23.6 Å². The molecule has 0 aliphatic rings. The van der Waals surface area contributed by atoms with E-state index < -0.39 is 29.2 Å². The monoisotopic (exact) mass is 424 g/mol. The lowest BCUT2D eigenvalue weighted by molar-refractivity contribution is -0.124. The van der Waals surface area contributed by atoms with Crippen molar-refractivity contribution in [3.8, 4) is 5.69 Å². The van der Waals surface area contributed by atoms with E-state index in [4.69, 9.17) is 5.73 Å². The van der Waals surface area contributed by atoms with E-state index in [-0.39, 0.29) is 5.82 Å². The molecule has 4 rings (SSSR count). The topological polar surface area (TPSA) is 119 Å². The SMILES string of the molecule is Cc1cc(NC(=O)[C@H](O)c2cccc(F)c2F)ccc1-n1nc(C)c2ncnc(N)c21. The second kappa shape index (κ2) is 7.73. The maximum Gasteiger partial charge on any atom is 0.257 e. The number of aryl methyl sites for hydroxylation is 2. The predicted octanol–water partition coefficient (Wildman–Crippen LogP) is 2.96. The van der Waals surface area contributed by atoms with Crippen molar-refractivity contribution in [1.29, 1.82) is 0 Å². The lowest BCUT2D eigenvalue weighted by Crippen LogP contribution is -2.22. The molecule has 31 heavy (non-hydrogen) atoms. The molecule has 2 aromatic heterocycles. The summed E-state index contributed by atoms with van der Waals surface area (Å²) >= 11 is 0. The Bertz CT molecular complexity index is 1320. The first-order valence-corrected chi connectivity index (χ1v) is 9.27. The number of halogens is 2. The van der Waals surface area contributed by atoms with Crippen molar-refractivity contribution in [2.75, 3.05) is 11.1 Å².